The fourth-order valence-electron chi connectivity index (χ4n) is 2.79. The molecule has 0 saturated heterocycles. The first kappa shape index (κ1) is 14.4. The number of benzene rings is 1. The van der Waals surface area contributed by atoms with Crippen LogP contribution in [-0.4, -0.2) is 21.2 Å². The first-order chi connectivity index (χ1) is 11.1. The fraction of sp³-hybridized carbons (Fsp3) is 0.133. The second kappa shape index (κ2) is 5.47. The molecule has 0 fully saturated rings. The molecule has 0 atom stereocenters. The Bertz CT molecular complexity index is 918. The van der Waals surface area contributed by atoms with Crippen LogP contribution in [0.1, 0.15) is 5.56 Å². The van der Waals surface area contributed by atoms with Crippen molar-refractivity contribution in [3.63, 3.8) is 0 Å². The number of para-hydroxylation sites is 2. The van der Waals surface area contributed by atoms with Gasteiger partial charge in [-0.3, -0.25) is 10.1 Å². The minimum absolute atomic E-state index is 0.0467. The Labute approximate surface area is 144 Å². The summed E-state index contributed by atoms with van der Waals surface area (Å²) in [5, 5.41) is 19.3. The average Bonchev–Trinajstić information content (AvgIpc) is 3.23. The second-order valence-electron chi connectivity index (χ2n) is 5.11. The van der Waals surface area contributed by atoms with E-state index in [9.17, 15) is 10.1 Å². The molecule has 1 aromatic carbocycles. The number of halogens is 1. The Kier molecular flexibility index (Phi) is 3.42. The number of nitro groups is 1. The highest BCUT2D eigenvalue weighted by atomic mass is 79.9. The lowest BCUT2D eigenvalue weighted by Gasteiger charge is -2.06. The predicted octanol–water partition coefficient (Wildman–Crippen LogP) is 4.24. The second-order valence-corrected chi connectivity index (χ2v) is 7.58. The number of nitrogens with one attached hydrogen (secondary N) is 1. The van der Waals surface area contributed by atoms with Gasteiger partial charge in [-0.05, 0) is 40.5 Å². The Morgan fingerprint density at radius 3 is 2.87 bits per heavy atom. The van der Waals surface area contributed by atoms with Crippen molar-refractivity contribution >= 4 is 38.8 Å². The van der Waals surface area contributed by atoms with Crippen LogP contribution in [0.2, 0.25) is 0 Å². The molecule has 1 aliphatic rings. The van der Waals surface area contributed by atoms with Crippen molar-refractivity contribution in [2.24, 2.45) is 0 Å². The number of nitro benzene ring substituents is 1. The summed E-state index contributed by atoms with van der Waals surface area (Å²) < 4.78 is 2.69. The van der Waals surface area contributed by atoms with Gasteiger partial charge < -0.3 is 5.32 Å². The summed E-state index contributed by atoms with van der Waals surface area (Å²) in [5.41, 5.74) is 2.52. The van der Waals surface area contributed by atoms with Crippen LogP contribution in [0.4, 0.5) is 11.5 Å². The minimum Gasteiger partial charge on any atom is -0.369 e. The summed E-state index contributed by atoms with van der Waals surface area (Å²) in [6.45, 7) is 0.813. The summed E-state index contributed by atoms with van der Waals surface area (Å²) in [6.07, 6.45) is 0.862. The van der Waals surface area contributed by atoms with Gasteiger partial charge in [0.2, 0.25) is 0 Å². The predicted molar refractivity (Wildman–Crippen MR) is 93.4 cm³/mol. The van der Waals surface area contributed by atoms with Crippen molar-refractivity contribution in [3.05, 3.63) is 55.9 Å². The monoisotopic (exact) mass is 390 g/mol. The molecule has 1 N–H and O–H groups in total. The van der Waals surface area contributed by atoms with Gasteiger partial charge in [0.25, 0.3) is 5.69 Å². The third kappa shape index (κ3) is 2.34. The van der Waals surface area contributed by atoms with Crippen LogP contribution in [0.15, 0.2) is 40.2 Å². The number of fused-ring (bicyclic) bond motifs is 1. The molecule has 0 bridgehead atoms. The molecule has 6 nitrogen and oxygen atoms in total. The number of hydrogen-bond acceptors (Lipinski definition) is 5. The minimum atomic E-state index is -0.375. The maximum Gasteiger partial charge on any atom is 0.294 e. The van der Waals surface area contributed by atoms with Crippen LogP contribution >= 0.6 is 27.3 Å². The highest BCUT2D eigenvalue weighted by Gasteiger charge is 2.27. The van der Waals surface area contributed by atoms with E-state index in [4.69, 9.17) is 0 Å². The van der Waals surface area contributed by atoms with Gasteiger partial charge in [0.15, 0.2) is 0 Å². The maximum absolute atomic E-state index is 11.3. The van der Waals surface area contributed by atoms with Crippen LogP contribution in [0.3, 0.4) is 0 Å². The molecule has 2 aromatic heterocycles. The number of aromatic nitrogens is 2. The highest BCUT2D eigenvalue weighted by molar-refractivity contribution is 9.11. The van der Waals surface area contributed by atoms with E-state index in [1.54, 1.807) is 34.2 Å². The van der Waals surface area contributed by atoms with Gasteiger partial charge in [-0.15, -0.1) is 11.3 Å². The quantitative estimate of drug-likeness (QED) is 0.536. The maximum atomic E-state index is 11.3. The van der Waals surface area contributed by atoms with E-state index in [-0.39, 0.29) is 10.6 Å². The molecule has 3 heterocycles. The van der Waals surface area contributed by atoms with Gasteiger partial charge in [-0.25, -0.2) is 4.68 Å². The summed E-state index contributed by atoms with van der Waals surface area (Å²) in [6, 6.07) is 10.7. The molecule has 8 heteroatoms. The fourth-order valence-corrected chi connectivity index (χ4v) is 4.18. The first-order valence-corrected chi connectivity index (χ1v) is 8.61. The van der Waals surface area contributed by atoms with Crippen molar-refractivity contribution in [1.29, 1.82) is 0 Å². The molecule has 0 spiro atoms. The number of hydrogen-bond donors (Lipinski definition) is 1. The normalized spacial score (nSPS) is 12.9. The Morgan fingerprint density at radius 1 is 1.30 bits per heavy atom. The zero-order chi connectivity index (χ0) is 16.0. The van der Waals surface area contributed by atoms with Crippen LogP contribution in [0, 0.1) is 10.1 Å². The third-order valence-electron chi connectivity index (χ3n) is 3.76. The SMILES string of the molecule is O=[N+]([O-])c1ccccc1-n1nc(-c2ccc(Br)s2)c2c1NCC2. The van der Waals surface area contributed by atoms with E-state index in [2.05, 4.69) is 26.3 Å². The van der Waals surface area contributed by atoms with Gasteiger partial charge in [0, 0.05) is 18.2 Å². The van der Waals surface area contributed by atoms with Crippen LogP contribution < -0.4 is 5.32 Å². The van der Waals surface area contributed by atoms with Crippen LogP contribution in [-0.2, 0) is 6.42 Å². The van der Waals surface area contributed by atoms with Crippen molar-refractivity contribution in [1.82, 2.24) is 9.78 Å². The van der Waals surface area contributed by atoms with Crippen molar-refractivity contribution in [2.75, 3.05) is 11.9 Å². The van der Waals surface area contributed by atoms with Gasteiger partial charge in [0.1, 0.15) is 17.2 Å². The summed E-state index contributed by atoms with van der Waals surface area (Å²) >= 11 is 5.08. The Balaban J connectivity index is 1.93. The topological polar surface area (TPSA) is 73.0 Å². The van der Waals surface area contributed by atoms with Gasteiger partial charge in [-0.2, -0.15) is 5.10 Å². The summed E-state index contributed by atoms with van der Waals surface area (Å²) in [5.74, 6) is 0.846. The van der Waals surface area contributed by atoms with Gasteiger partial charge >= 0.3 is 0 Å². The van der Waals surface area contributed by atoms with E-state index >= 15 is 0 Å². The van der Waals surface area contributed by atoms with Crippen molar-refractivity contribution in [3.8, 4) is 16.3 Å². The molecule has 23 heavy (non-hydrogen) atoms. The smallest absolute Gasteiger partial charge is 0.294 e. The first-order valence-electron chi connectivity index (χ1n) is 7.00. The molecule has 0 aliphatic carbocycles. The molecular formula is C15H11BrN4O2S. The lowest BCUT2D eigenvalue weighted by Crippen LogP contribution is -2.06. The van der Waals surface area contributed by atoms with E-state index < -0.39 is 0 Å². The molecule has 0 unspecified atom stereocenters. The highest BCUT2D eigenvalue weighted by Crippen LogP contribution is 2.39. The number of anilines is 1. The summed E-state index contributed by atoms with van der Waals surface area (Å²) in [4.78, 5) is 12.0. The zero-order valence-corrected chi connectivity index (χ0v) is 14.2. The Hall–Kier alpha value is -2.19. The number of thiophene rings is 1. The molecular weight excluding hydrogens is 380 g/mol. The van der Waals surface area contributed by atoms with Crippen LogP contribution in [0.25, 0.3) is 16.3 Å². The Morgan fingerprint density at radius 2 is 2.13 bits per heavy atom. The third-order valence-corrected chi connectivity index (χ3v) is 5.39. The lowest BCUT2D eigenvalue weighted by atomic mass is 10.2. The number of rotatable bonds is 3. The largest absolute Gasteiger partial charge is 0.369 e. The van der Waals surface area contributed by atoms with E-state index in [0.29, 0.717) is 5.69 Å². The molecule has 0 saturated carbocycles. The van der Waals surface area contributed by atoms with Crippen molar-refractivity contribution in [2.45, 2.75) is 6.42 Å². The van der Waals surface area contributed by atoms with E-state index in [1.165, 1.54) is 6.07 Å². The van der Waals surface area contributed by atoms with E-state index in [1.807, 2.05) is 12.1 Å². The zero-order valence-electron chi connectivity index (χ0n) is 11.8. The van der Waals surface area contributed by atoms with E-state index in [0.717, 1.165) is 38.7 Å². The molecule has 3 aromatic rings. The van der Waals surface area contributed by atoms with Gasteiger partial charge in [0.05, 0.1) is 13.6 Å². The summed E-state index contributed by atoms with van der Waals surface area (Å²) in [7, 11) is 0. The standard InChI is InChI=1S/C15H11BrN4O2S/c16-13-6-5-12(23-13)14-9-7-8-17-15(9)19(18-14)10-3-1-2-4-11(10)20(21)22/h1-6,17H,7-8H2. The average molecular weight is 391 g/mol. The van der Waals surface area contributed by atoms with Crippen LogP contribution in [0.5, 0.6) is 0 Å². The molecule has 0 radical (unpaired) electrons. The molecule has 4 rings (SSSR count). The van der Waals surface area contributed by atoms with Crippen molar-refractivity contribution < 1.29 is 4.92 Å². The number of nitrogens with zero attached hydrogens (tertiary/aromatic N) is 3. The molecule has 0 amide bonds. The molecule has 1 aliphatic heterocycles. The molecule has 116 valence electrons. The van der Waals surface area contributed by atoms with Gasteiger partial charge in [-0.1, -0.05) is 12.1 Å². The lowest BCUT2D eigenvalue weighted by molar-refractivity contribution is -0.384.